The molecule has 0 saturated heterocycles. The molecule has 4 N–H and O–H groups in total. The molecule has 1 heterocycles. The summed E-state index contributed by atoms with van der Waals surface area (Å²) in [6, 6.07) is 5.46. The number of hydrogen-bond donors (Lipinski definition) is 3. The van der Waals surface area contributed by atoms with Crippen LogP contribution in [0.3, 0.4) is 0 Å². The van der Waals surface area contributed by atoms with Crippen LogP contribution in [0.15, 0.2) is 24.3 Å². The van der Waals surface area contributed by atoms with Gasteiger partial charge in [0.05, 0.1) is 6.54 Å². The van der Waals surface area contributed by atoms with Gasteiger partial charge in [-0.15, -0.1) is 0 Å². The number of rotatable bonds is 3. The van der Waals surface area contributed by atoms with Gasteiger partial charge >= 0.3 is 12.0 Å². The summed E-state index contributed by atoms with van der Waals surface area (Å²) in [4.78, 5) is 35.3. The van der Waals surface area contributed by atoms with Crippen molar-refractivity contribution in [2.24, 2.45) is 5.73 Å². The zero-order valence-corrected chi connectivity index (χ0v) is 10.7. The lowest BCUT2D eigenvalue weighted by Gasteiger charge is -2.34. The molecule has 0 aromatic heterocycles. The molecular weight excluding hydrogens is 262 g/mol. The minimum Gasteiger partial charge on any atom is -0.479 e. The first-order chi connectivity index (χ1) is 9.50. The van der Waals surface area contributed by atoms with Crippen molar-refractivity contribution in [2.75, 3.05) is 13.1 Å². The van der Waals surface area contributed by atoms with Crippen LogP contribution in [-0.2, 0) is 16.0 Å². The van der Waals surface area contributed by atoms with E-state index in [0.717, 1.165) is 5.56 Å². The van der Waals surface area contributed by atoms with E-state index in [1.165, 1.54) is 4.90 Å². The Hall–Kier alpha value is -2.57. The zero-order chi connectivity index (χ0) is 14.7. The third kappa shape index (κ3) is 2.71. The van der Waals surface area contributed by atoms with Crippen molar-refractivity contribution in [1.29, 1.82) is 0 Å². The molecule has 0 aliphatic carbocycles. The smallest absolute Gasteiger partial charge is 0.331 e. The largest absolute Gasteiger partial charge is 0.479 e. The topological polar surface area (TPSA) is 113 Å². The Kier molecular flexibility index (Phi) is 3.88. The summed E-state index contributed by atoms with van der Waals surface area (Å²) < 4.78 is 0. The summed E-state index contributed by atoms with van der Waals surface area (Å²) in [5.74, 6) is -1.78. The summed E-state index contributed by atoms with van der Waals surface area (Å²) in [6.45, 7) is -0.0398. The Morgan fingerprint density at radius 3 is 2.70 bits per heavy atom. The van der Waals surface area contributed by atoms with Gasteiger partial charge in [0.1, 0.15) is 0 Å². The number of hydrogen-bond acceptors (Lipinski definition) is 3. The standard InChI is InChI=1S/C13H15N3O4/c14-10(17)7-15-13(20)16-6-5-8-3-1-2-4-9(8)11(16)12(18)19/h1-4,11H,5-7H2,(H2,14,17)(H,15,20)(H,18,19). The number of fused-ring (bicyclic) bond motifs is 1. The van der Waals surface area contributed by atoms with Gasteiger partial charge in [-0.3, -0.25) is 4.79 Å². The Morgan fingerprint density at radius 1 is 1.35 bits per heavy atom. The number of urea groups is 1. The summed E-state index contributed by atoms with van der Waals surface area (Å²) in [6.07, 6.45) is 0.573. The van der Waals surface area contributed by atoms with E-state index in [1.54, 1.807) is 12.1 Å². The van der Waals surface area contributed by atoms with E-state index in [-0.39, 0.29) is 13.1 Å². The van der Waals surface area contributed by atoms with Crippen LogP contribution in [0.1, 0.15) is 17.2 Å². The molecule has 7 nitrogen and oxygen atoms in total. The normalized spacial score (nSPS) is 17.2. The van der Waals surface area contributed by atoms with Crippen LogP contribution in [0, 0.1) is 0 Å². The minimum atomic E-state index is -1.11. The second-order valence-corrected chi connectivity index (χ2v) is 4.51. The molecule has 0 bridgehead atoms. The molecule has 0 fully saturated rings. The first-order valence-corrected chi connectivity index (χ1v) is 6.14. The van der Waals surface area contributed by atoms with Gasteiger partial charge in [-0.1, -0.05) is 24.3 Å². The molecule has 1 aliphatic rings. The van der Waals surface area contributed by atoms with E-state index in [2.05, 4.69) is 5.32 Å². The molecule has 0 spiro atoms. The van der Waals surface area contributed by atoms with E-state index < -0.39 is 23.9 Å². The summed E-state index contributed by atoms with van der Waals surface area (Å²) >= 11 is 0. The highest BCUT2D eigenvalue weighted by molar-refractivity contribution is 5.87. The SMILES string of the molecule is NC(=O)CNC(=O)N1CCc2ccccc2C1C(=O)O. The van der Waals surface area contributed by atoms with Gasteiger partial charge in [0.2, 0.25) is 5.91 Å². The van der Waals surface area contributed by atoms with Crippen molar-refractivity contribution in [2.45, 2.75) is 12.5 Å². The summed E-state index contributed by atoms with van der Waals surface area (Å²) in [7, 11) is 0. The lowest BCUT2D eigenvalue weighted by molar-refractivity contribution is -0.142. The number of carbonyl (C=O) groups excluding carboxylic acids is 2. The van der Waals surface area contributed by atoms with Crippen LogP contribution in [0.25, 0.3) is 0 Å². The maximum Gasteiger partial charge on any atom is 0.331 e. The molecule has 1 aliphatic heterocycles. The van der Waals surface area contributed by atoms with Crippen molar-refractivity contribution in [3.63, 3.8) is 0 Å². The molecule has 106 valence electrons. The number of carboxylic acid groups (broad SMARTS) is 1. The average Bonchev–Trinajstić information content (AvgIpc) is 2.43. The van der Waals surface area contributed by atoms with Crippen molar-refractivity contribution in [1.82, 2.24) is 10.2 Å². The third-order valence-corrected chi connectivity index (χ3v) is 3.19. The third-order valence-electron chi connectivity index (χ3n) is 3.19. The van der Waals surface area contributed by atoms with Crippen LogP contribution in [0.5, 0.6) is 0 Å². The second kappa shape index (κ2) is 5.60. The zero-order valence-electron chi connectivity index (χ0n) is 10.7. The Balaban J connectivity index is 2.24. The van der Waals surface area contributed by atoms with Crippen molar-refractivity contribution in [3.05, 3.63) is 35.4 Å². The first-order valence-electron chi connectivity index (χ1n) is 6.14. The fourth-order valence-electron chi connectivity index (χ4n) is 2.32. The molecule has 1 aromatic carbocycles. The molecule has 1 aromatic rings. The van der Waals surface area contributed by atoms with E-state index in [4.69, 9.17) is 5.73 Å². The maximum absolute atomic E-state index is 12.0. The van der Waals surface area contributed by atoms with Gasteiger partial charge in [0, 0.05) is 6.54 Å². The number of amides is 3. The van der Waals surface area contributed by atoms with Gasteiger partial charge in [-0.25, -0.2) is 9.59 Å². The lowest BCUT2D eigenvalue weighted by atomic mass is 9.93. The van der Waals surface area contributed by atoms with Gasteiger partial charge in [0.25, 0.3) is 0 Å². The fourth-order valence-corrected chi connectivity index (χ4v) is 2.32. The van der Waals surface area contributed by atoms with E-state index >= 15 is 0 Å². The molecule has 1 atom stereocenters. The number of nitrogens with one attached hydrogen (secondary N) is 1. The van der Waals surface area contributed by atoms with Gasteiger partial charge in [0.15, 0.2) is 6.04 Å². The highest BCUT2D eigenvalue weighted by Crippen LogP contribution is 2.29. The number of benzene rings is 1. The quantitative estimate of drug-likeness (QED) is 0.714. The number of nitrogens with two attached hydrogens (primary N) is 1. The monoisotopic (exact) mass is 277 g/mol. The molecule has 7 heteroatoms. The molecular formula is C13H15N3O4. The molecule has 3 amide bonds. The van der Waals surface area contributed by atoms with Crippen molar-refractivity contribution >= 4 is 17.9 Å². The molecule has 2 rings (SSSR count). The Morgan fingerprint density at radius 2 is 2.05 bits per heavy atom. The van der Waals surface area contributed by atoms with Gasteiger partial charge in [-0.05, 0) is 17.5 Å². The second-order valence-electron chi connectivity index (χ2n) is 4.51. The molecule has 20 heavy (non-hydrogen) atoms. The molecule has 0 saturated carbocycles. The Bertz CT molecular complexity index is 558. The molecule has 1 unspecified atom stereocenters. The predicted octanol–water partition coefficient (Wildman–Crippen LogP) is -0.135. The number of primary amides is 1. The van der Waals surface area contributed by atoms with E-state index in [9.17, 15) is 19.5 Å². The van der Waals surface area contributed by atoms with Gasteiger partial charge in [-0.2, -0.15) is 0 Å². The van der Waals surface area contributed by atoms with E-state index in [0.29, 0.717) is 12.0 Å². The van der Waals surface area contributed by atoms with Crippen molar-refractivity contribution in [3.8, 4) is 0 Å². The van der Waals surface area contributed by atoms with Crippen LogP contribution in [0.4, 0.5) is 4.79 Å². The van der Waals surface area contributed by atoms with Gasteiger partial charge < -0.3 is 21.1 Å². The number of aliphatic carboxylic acids is 1. The number of carbonyl (C=O) groups is 3. The van der Waals surface area contributed by atoms with E-state index in [1.807, 2.05) is 12.1 Å². The highest BCUT2D eigenvalue weighted by Gasteiger charge is 2.35. The lowest BCUT2D eigenvalue weighted by Crippen LogP contribution is -2.49. The number of nitrogens with zero attached hydrogens (tertiary/aromatic N) is 1. The molecule has 0 radical (unpaired) electrons. The predicted molar refractivity (Wildman–Crippen MR) is 69.8 cm³/mol. The highest BCUT2D eigenvalue weighted by atomic mass is 16.4. The fraction of sp³-hybridized carbons (Fsp3) is 0.308. The minimum absolute atomic E-state index is 0.276. The van der Waals surface area contributed by atoms with Crippen LogP contribution >= 0.6 is 0 Å². The Labute approximate surface area is 115 Å². The first kappa shape index (κ1) is 13.9. The average molecular weight is 277 g/mol. The van der Waals surface area contributed by atoms with Crippen LogP contribution in [-0.4, -0.2) is 41.0 Å². The van der Waals surface area contributed by atoms with Crippen molar-refractivity contribution < 1.29 is 19.5 Å². The summed E-state index contributed by atoms with van der Waals surface area (Å²) in [5, 5.41) is 11.7. The summed E-state index contributed by atoms with van der Waals surface area (Å²) in [5.41, 5.74) is 6.47. The maximum atomic E-state index is 12.0. The number of carboxylic acids is 1. The van der Waals surface area contributed by atoms with Crippen LogP contribution in [0.2, 0.25) is 0 Å². The van der Waals surface area contributed by atoms with Crippen LogP contribution < -0.4 is 11.1 Å².